The van der Waals surface area contributed by atoms with Gasteiger partial charge in [0, 0.05) is 0 Å². The van der Waals surface area contributed by atoms with Gasteiger partial charge in [0.15, 0.2) is 11.6 Å². The molecule has 6 heteroatoms. The molecule has 19 heavy (non-hydrogen) atoms. The van der Waals surface area contributed by atoms with Crippen LogP contribution in [0.1, 0.15) is 27.7 Å². The molecule has 1 heterocycles. The lowest BCUT2D eigenvalue weighted by Gasteiger charge is -2.32. The number of hydrogen-bond donors (Lipinski definition) is 1. The summed E-state index contributed by atoms with van der Waals surface area (Å²) in [6.45, 7) is 7.45. The average molecular weight is 268 g/mol. The van der Waals surface area contributed by atoms with Crippen LogP contribution in [0.2, 0.25) is 0 Å². The molecule has 1 aromatic rings. The van der Waals surface area contributed by atoms with Gasteiger partial charge >= 0.3 is 7.12 Å². The van der Waals surface area contributed by atoms with Crippen molar-refractivity contribution in [2.24, 2.45) is 0 Å². The highest BCUT2D eigenvalue weighted by Gasteiger charge is 2.53. The second-order valence-corrected chi connectivity index (χ2v) is 5.60. The third-order valence-corrected chi connectivity index (χ3v) is 3.83. The molecule has 0 bridgehead atoms. The summed E-state index contributed by atoms with van der Waals surface area (Å²) in [7, 11) is 0.406. The van der Waals surface area contributed by atoms with Crippen LogP contribution in [-0.2, 0) is 9.31 Å². The molecule has 0 amide bonds. The van der Waals surface area contributed by atoms with Crippen LogP contribution in [0, 0.1) is 5.82 Å². The summed E-state index contributed by atoms with van der Waals surface area (Å²) in [5.74, 6) is -0.833. The van der Waals surface area contributed by atoms with Gasteiger partial charge < -0.3 is 19.2 Å². The molecule has 0 saturated carbocycles. The lowest BCUT2D eigenvalue weighted by Crippen LogP contribution is -2.41. The normalized spacial score (nSPS) is 20.6. The van der Waals surface area contributed by atoms with Crippen molar-refractivity contribution in [3.05, 3.63) is 17.9 Å². The standard InChI is InChI=1S/C13H18BFO4/c1-12(2)13(3,4)19-14(18-12)10-8(16)6-7-9(17-5)11(10)15/h6-7,16H,1-5H3. The SMILES string of the molecule is COc1ccc(O)c(B2OC(C)(C)C(C)(C)O2)c1F. The molecular formula is C13H18BFO4. The maximum absolute atomic E-state index is 14.2. The number of phenolic OH excluding ortho intramolecular Hbond substituents is 1. The zero-order valence-corrected chi connectivity index (χ0v) is 11.8. The maximum atomic E-state index is 14.2. The molecule has 0 atom stereocenters. The molecule has 1 aliphatic rings. The van der Waals surface area contributed by atoms with E-state index in [0.717, 1.165) is 0 Å². The smallest absolute Gasteiger partial charge is 0.501 e. The van der Waals surface area contributed by atoms with Gasteiger partial charge in [0.2, 0.25) is 0 Å². The van der Waals surface area contributed by atoms with Crippen LogP contribution in [0.4, 0.5) is 4.39 Å². The maximum Gasteiger partial charge on any atom is 0.501 e. The number of benzene rings is 1. The molecule has 1 saturated heterocycles. The van der Waals surface area contributed by atoms with Crippen molar-refractivity contribution in [1.82, 2.24) is 0 Å². The fourth-order valence-corrected chi connectivity index (χ4v) is 1.91. The van der Waals surface area contributed by atoms with E-state index < -0.39 is 24.1 Å². The second kappa shape index (κ2) is 4.39. The number of aromatic hydroxyl groups is 1. The third kappa shape index (κ3) is 2.19. The first-order valence-electron chi connectivity index (χ1n) is 6.10. The van der Waals surface area contributed by atoms with E-state index in [0.29, 0.717) is 0 Å². The van der Waals surface area contributed by atoms with Crippen molar-refractivity contribution < 1.29 is 23.5 Å². The summed E-state index contributed by atoms with van der Waals surface area (Å²) < 4.78 is 30.6. The Morgan fingerprint density at radius 3 is 2.16 bits per heavy atom. The summed E-state index contributed by atoms with van der Waals surface area (Å²) in [4.78, 5) is 0. The summed E-state index contributed by atoms with van der Waals surface area (Å²) in [6.07, 6.45) is 0. The second-order valence-electron chi connectivity index (χ2n) is 5.60. The Kier molecular flexibility index (Phi) is 3.27. The van der Waals surface area contributed by atoms with Crippen molar-refractivity contribution in [2.75, 3.05) is 7.11 Å². The molecule has 1 fully saturated rings. The first-order valence-corrected chi connectivity index (χ1v) is 6.10. The molecule has 0 aromatic heterocycles. The molecule has 104 valence electrons. The van der Waals surface area contributed by atoms with Gasteiger partial charge in [-0.15, -0.1) is 0 Å². The number of methoxy groups -OCH3 is 1. The van der Waals surface area contributed by atoms with Crippen LogP contribution in [0.5, 0.6) is 11.5 Å². The highest BCUT2D eigenvalue weighted by atomic mass is 19.1. The third-order valence-electron chi connectivity index (χ3n) is 3.83. The number of halogens is 1. The molecule has 2 rings (SSSR count). The molecule has 1 aliphatic heterocycles. The van der Waals surface area contributed by atoms with E-state index in [-0.39, 0.29) is 17.0 Å². The van der Waals surface area contributed by atoms with E-state index in [4.69, 9.17) is 14.0 Å². The van der Waals surface area contributed by atoms with Crippen LogP contribution in [0.3, 0.4) is 0 Å². The first kappa shape index (κ1) is 14.2. The fraction of sp³-hybridized carbons (Fsp3) is 0.538. The van der Waals surface area contributed by atoms with Gasteiger partial charge in [0.25, 0.3) is 0 Å². The lowest BCUT2D eigenvalue weighted by atomic mass is 9.77. The van der Waals surface area contributed by atoms with Gasteiger partial charge in [-0.1, -0.05) is 0 Å². The number of phenols is 1. The zero-order chi connectivity index (χ0) is 14.4. The topological polar surface area (TPSA) is 47.9 Å². The van der Waals surface area contributed by atoms with E-state index in [9.17, 15) is 9.50 Å². The van der Waals surface area contributed by atoms with Crippen LogP contribution < -0.4 is 10.2 Å². The summed E-state index contributed by atoms with van der Waals surface area (Å²) in [5, 5.41) is 9.86. The molecule has 0 aliphatic carbocycles. The van der Waals surface area contributed by atoms with Crippen molar-refractivity contribution in [1.29, 1.82) is 0 Å². The Balaban J connectivity index is 2.45. The molecule has 0 unspecified atom stereocenters. The molecule has 1 aromatic carbocycles. The minimum absolute atomic E-state index is 0.0296. The number of ether oxygens (including phenoxy) is 1. The van der Waals surface area contributed by atoms with Gasteiger partial charge in [-0.05, 0) is 39.8 Å². The van der Waals surface area contributed by atoms with E-state index in [1.54, 1.807) is 0 Å². The highest BCUT2D eigenvalue weighted by molar-refractivity contribution is 6.63. The van der Waals surface area contributed by atoms with Crippen molar-refractivity contribution in [3.63, 3.8) is 0 Å². The fourth-order valence-electron chi connectivity index (χ4n) is 1.91. The lowest BCUT2D eigenvalue weighted by molar-refractivity contribution is 0.00578. The monoisotopic (exact) mass is 268 g/mol. The summed E-state index contributed by atoms with van der Waals surface area (Å²) in [6, 6.07) is 2.72. The minimum Gasteiger partial charge on any atom is -0.508 e. The highest BCUT2D eigenvalue weighted by Crippen LogP contribution is 2.37. The minimum atomic E-state index is -0.958. The summed E-state index contributed by atoms with van der Waals surface area (Å²) >= 11 is 0. The Morgan fingerprint density at radius 2 is 1.68 bits per heavy atom. The van der Waals surface area contributed by atoms with E-state index >= 15 is 0 Å². The predicted octanol–water partition coefficient (Wildman–Crippen LogP) is 1.84. The quantitative estimate of drug-likeness (QED) is 0.831. The van der Waals surface area contributed by atoms with Gasteiger partial charge in [-0.25, -0.2) is 4.39 Å². The molecule has 1 N–H and O–H groups in total. The molecule has 4 nitrogen and oxygen atoms in total. The van der Waals surface area contributed by atoms with E-state index in [2.05, 4.69) is 0 Å². The van der Waals surface area contributed by atoms with Crippen LogP contribution in [0.15, 0.2) is 12.1 Å². The summed E-state index contributed by atoms with van der Waals surface area (Å²) in [5.41, 5.74) is -1.22. The average Bonchev–Trinajstić information content (AvgIpc) is 2.48. The number of hydrogen-bond acceptors (Lipinski definition) is 4. The van der Waals surface area contributed by atoms with E-state index in [1.807, 2.05) is 27.7 Å². The van der Waals surface area contributed by atoms with Crippen molar-refractivity contribution in [2.45, 2.75) is 38.9 Å². The zero-order valence-electron chi connectivity index (χ0n) is 11.8. The Bertz CT molecular complexity index is 486. The van der Waals surface area contributed by atoms with Crippen molar-refractivity contribution >= 4 is 12.6 Å². The van der Waals surface area contributed by atoms with E-state index in [1.165, 1.54) is 19.2 Å². The van der Waals surface area contributed by atoms with Crippen LogP contribution in [0.25, 0.3) is 0 Å². The molecule has 0 radical (unpaired) electrons. The predicted molar refractivity (Wildman–Crippen MR) is 70.3 cm³/mol. The molecular weight excluding hydrogens is 250 g/mol. The Hall–Kier alpha value is -1.27. The van der Waals surface area contributed by atoms with Gasteiger partial charge in [-0.2, -0.15) is 0 Å². The number of rotatable bonds is 2. The van der Waals surface area contributed by atoms with Gasteiger partial charge in [0.1, 0.15) is 5.75 Å². The largest absolute Gasteiger partial charge is 0.508 e. The first-order chi connectivity index (χ1) is 8.69. The van der Waals surface area contributed by atoms with Crippen LogP contribution >= 0.6 is 0 Å². The van der Waals surface area contributed by atoms with Gasteiger partial charge in [-0.3, -0.25) is 0 Å². The van der Waals surface area contributed by atoms with Crippen LogP contribution in [-0.4, -0.2) is 30.5 Å². The van der Waals surface area contributed by atoms with Crippen molar-refractivity contribution in [3.8, 4) is 11.5 Å². The Labute approximate surface area is 112 Å². The van der Waals surface area contributed by atoms with Gasteiger partial charge in [0.05, 0.1) is 23.8 Å². The molecule has 0 spiro atoms. The Morgan fingerprint density at radius 1 is 1.16 bits per heavy atom.